The highest BCUT2D eigenvalue weighted by atomic mass is 16.3. The van der Waals surface area contributed by atoms with Crippen molar-refractivity contribution < 1.29 is 9.90 Å². The summed E-state index contributed by atoms with van der Waals surface area (Å²) in [4.78, 5) is 11.7. The van der Waals surface area contributed by atoms with Gasteiger partial charge < -0.3 is 10.4 Å². The Hall–Kier alpha value is -1.36. The zero-order valence-corrected chi connectivity index (χ0v) is 11.4. The van der Waals surface area contributed by atoms with Crippen LogP contribution in [0.3, 0.4) is 0 Å². The predicted octanol–water partition coefficient (Wildman–Crippen LogP) is 1.09. The molecule has 0 aliphatic heterocycles. The minimum Gasteiger partial charge on any atom is -0.396 e. The first-order valence-electron chi connectivity index (χ1n) is 6.42. The van der Waals surface area contributed by atoms with Gasteiger partial charge in [-0.3, -0.25) is 9.89 Å². The van der Waals surface area contributed by atoms with Gasteiger partial charge in [-0.25, -0.2) is 0 Å². The van der Waals surface area contributed by atoms with E-state index in [-0.39, 0.29) is 12.5 Å². The molecule has 0 bridgehead atoms. The second-order valence-corrected chi connectivity index (χ2v) is 4.87. The lowest BCUT2D eigenvalue weighted by molar-refractivity contribution is -0.120. The molecular weight excluding hydrogens is 230 g/mol. The molecule has 102 valence electrons. The molecule has 1 aromatic rings. The van der Waals surface area contributed by atoms with Gasteiger partial charge in [0.25, 0.3) is 0 Å². The summed E-state index contributed by atoms with van der Waals surface area (Å²) < 4.78 is 0. The largest absolute Gasteiger partial charge is 0.396 e. The highest BCUT2D eigenvalue weighted by molar-refractivity contribution is 5.79. The van der Waals surface area contributed by atoms with Crippen molar-refractivity contribution in [1.29, 1.82) is 0 Å². The zero-order chi connectivity index (χ0) is 13.5. The van der Waals surface area contributed by atoms with Gasteiger partial charge in [0.05, 0.1) is 12.1 Å². The second kappa shape index (κ2) is 7.16. The summed E-state index contributed by atoms with van der Waals surface area (Å²) in [5.74, 6) is 0.333. The van der Waals surface area contributed by atoms with Gasteiger partial charge in [-0.05, 0) is 32.6 Å². The van der Waals surface area contributed by atoms with Gasteiger partial charge in [0.1, 0.15) is 0 Å². The summed E-state index contributed by atoms with van der Waals surface area (Å²) in [7, 11) is 0. The van der Waals surface area contributed by atoms with Crippen molar-refractivity contribution in [3.8, 4) is 0 Å². The minimum atomic E-state index is 0.0271. The topological polar surface area (TPSA) is 78.0 Å². The monoisotopic (exact) mass is 253 g/mol. The summed E-state index contributed by atoms with van der Waals surface area (Å²) in [5.41, 5.74) is 2.82. The van der Waals surface area contributed by atoms with Gasteiger partial charge in [-0.15, -0.1) is 0 Å². The molecule has 1 amide bonds. The Morgan fingerprint density at radius 2 is 2.22 bits per heavy atom. The van der Waals surface area contributed by atoms with Gasteiger partial charge in [-0.1, -0.05) is 6.92 Å². The van der Waals surface area contributed by atoms with Crippen LogP contribution in [0, 0.1) is 19.8 Å². The van der Waals surface area contributed by atoms with Crippen LogP contribution in [-0.2, 0) is 11.2 Å². The van der Waals surface area contributed by atoms with Gasteiger partial charge in [0.2, 0.25) is 5.91 Å². The first-order chi connectivity index (χ1) is 8.54. The Bertz CT molecular complexity index is 368. The molecule has 0 saturated carbocycles. The van der Waals surface area contributed by atoms with Crippen molar-refractivity contribution in [2.24, 2.45) is 5.92 Å². The van der Waals surface area contributed by atoms with Crippen molar-refractivity contribution in [3.05, 3.63) is 17.0 Å². The molecular formula is C13H23N3O2. The number of aliphatic hydroxyl groups excluding tert-OH is 1. The first-order valence-corrected chi connectivity index (χ1v) is 6.42. The average molecular weight is 253 g/mol. The third-order valence-corrected chi connectivity index (χ3v) is 3.13. The van der Waals surface area contributed by atoms with Crippen molar-refractivity contribution in [3.63, 3.8) is 0 Å². The van der Waals surface area contributed by atoms with Crippen LogP contribution in [0.25, 0.3) is 0 Å². The standard InChI is InChI=1S/C13H23N3O2/c1-9(8-17)5-4-6-14-13(18)7-12-10(2)15-16-11(12)3/h9,17H,4-8H2,1-3H3,(H,14,18)(H,15,16). The molecule has 1 aromatic heterocycles. The van der Waals surface area contributed by atoms with E-state index in [1.54, 1.807) is 0 Å². The van der Waals surface area contributed by atoms with E-state index in [1.165, 1.54) is 0 Å². The lowest BCUT2D eigenvalue weighted by Crippen LogP contribution is -2.26. The molecule has 3 N–H and O–H groups in total. The molecule has 0 aliphatic carbocycles. The second-order valence-electron chi connectivity index (χ2n) is 4.87. The Kier molecular flexibility index (Phi) is 5.85. The lowest BCUT2D eigenvalue weighted by atomic mass is 10.1. The molecule has 1 heterocycles. The molecule has 5 nitrogen and oxygen atoms in total. The number of H-pyrrole nitrogens is 1. The van der Waals surface area contributed by atoms with Crippen molar-refractivity contribution >= 4 is 5.91 Å². The van der Waals surface area contributed by atoms with E-state index in [9.17, 15) is 4.79 Å². The molecule has 18 heavy (non-hydrogen) atoms. The van der Waals surface area contributed by atoms with Crippen LogP contribution in [0.15, 0.2) is 0 Å². The quantitative estimate of drug-likeness (QED) is 0.637. The minimum absolute atomic E-state index is 0.0271. The smallest absolute Gasteiger partial charge is 0.224 e. The van der Waals surface area contributed by atoms with E-state index in [4.69, 9.17) is 5.11 Å². The van der Waals surface area contributed by atoms with Crippen LogP contribution in [0.4, 0.5) is 0 Å². The van der Waals surface area contributed by atoms with Crippen LogP contribution in [-0.4, -0.2) is 34.4 Å². The van der Waals surface area contributed by atoms with E-state index in [0.29, 0.717) is 18.9 Å². The number of hydrogen-bond acceptors (Lipinski definition) is 3. The normalized spacial score (nSPS) is 12.4. The number of aromatic amines is 1. The highest BCUT2D eigenvalue weighted by Gasteiger charge is 2.10. The number of carbonyl (C=O) groups is 1. The third kappa shape index (κ3) is 4.49. The number of carbonyl (C=O) groups excluding carboxylic acids is 1. The van der Waals surface area contributed by atoms with Gasteiger partial charge in [-0.2, -0.15) is 5.10 Å². The summed E-state index contributed by atoms with van der Waals surface area (Å²) in [6.07, 6.45) is 2.21. The van der Waals surface area contributed by atoms with Crippen molar-refractivity contribution in [1.82, 2.24) is 15.5 Å². The lowest BCUT2D eigenvalue weighted by Gasteiger charge is -2.08. The maximum absolute atomic E-state index is 11.7. The molecule has 1 atom stereocenters. The molecule has 0 fully saturated rings. The number of hydrogen-bond donors (Lipinski definition) is 3. The fourth-order valence-electron chi connectivity index (χ4n) is 1.83. The van der Waals surface area contributed by atoms with Crippen LogP contribution in [0.1, 0.15) is 36.7 Å². The van der Waals surface area contributed by atoms with E-state index >= 15 is 0 Å². The summed E-state index contributed by atoms with van der Waals surface area (Å²) >= 11 is 0. The summed E-state index contributed by atoms with van der Waals surface area (Å²) in [6.45, 7) is 6.70. The maximum atomic E-state index is 11.7. The molecule has 0 aliphatic rings. The summed E-state index contributed by atoms with van der Waals surface area (Å²) in [6, 6.07) is 0. The average Bonchev–Trinajstić information content (AvgIpc) is 2.66. The third-order valence-electron chi connectivity index (χ3n) is 3.13. The Balaban J connectivity index is 2.26. The fourth-order valence-corrected chi connectivity index (χ4v) is 1.83. The zero-order valence-electron chi connectivity index (χ0n) is 11.4. The van der Waals surface area contributed by atoms with E-state index in [2.05, 4.69) is 15.5 Å². The number of nitrogens with one attached hydrogen (secondary N) is 2. The van der Waals surface area contributed by atoms with Crippen molar-refractivity contribution in [2.45, 2.75) is 40.0 Å². The van der Waals surface area contributed by atoms with Gasteiger partial charge in [0.15, 0.2) is 0 Å². The number of aliphatic hydroxyl groups is 1. The van der Waals surface area contributed by atoms with Crippen LogP contribution in [0.5, 0.6) is 0 Å². The fraction of sp³-hybridized carbons (Fsp3) is 0.692. The number of nitrogens with zero attached hydrogens (tertiary/aromatic N) is 1. The predicted molar refractivity (Wildman–Crippen MR) is 70.3 cm³/mol. The number of rotatable bonds is 7. The number of aryl methyl sites for hydroxylation is 2. The van der Waals surface area contributed by atoms with Crippen LogP contribution in [0.2, 0.25) is 0 Å². The van der Waals surface area contributed by atoms with Crippen LogP contribution >= 0.6 is 0 Å². The van der Waals surface area contributed by atoms with Gasteiger partial charge in [0, 0.05) is 24.4 Å². The first kappa shape index (κ1) is 14.7. The van der Waals surface area contributed by atoms with Crippen molar-refractivity contribution in [2.75, 3.05) is 13.2 Å². The Labute approximate surface area is 108 Å². The van der Waals surface area contributed by atoms with E-state index < -0.39 is 0 Å². The molecule has 1 unspecified atom stereocenters. The molecule has 0 saturated heterocycles. The molecule has 0 spiro atoms. The molecule has 5 heteroatoms. The van der Waals surface area contributed by atoms with E-state index in [1.807, 2.05) is 20.8 Å². The van der Waals surface area contributed by atoms with Gasteiger partial charge >= 0.3 is 0 Å². The summed E-state index contributed by atoms with van der Waals surface area (Å²) in [5, 5.41) is 18.7. The number of amides is 1. The Morgan fingerprint density at radius 3 is 2.78 bits per heavy atom. The van der Waals surface area contributed by atoms with E-state index in [0.717, 1.165) is 29.8 Å². The van der Waals surface area contributed by atoms with Crippen LogP contribution < -0.4 is 5.32 Å². The SMILES string of the molecule is Cc1n[nH]c(C)c1CC(=O)NCCCC(C)CO. The highest BCUT2D eigenvalue weighted by Crippen LogP contribution is 2.09. The molecule has 1 rings (SSSR count). The molecule has 0 aromatic carbocycles. The maximum Gasteiger partial charge on any atom is 0.224 e. The number of aromatic nitrogens is 2. The Morgan fingerprint density at radius 1 is 1.50 bits per heavy atom. The molecule has 0 radical (unpaired) electrons.